The largest absolute Gasteiger partial charge is 0.496 e. The van der Waals surface area contributed by atoms with Crippen molar-refractivity contribution in [1.29, 1.82) is 0 Å². The second kappa shape index (κ2) is 5.68. The summed E-state index contributed by atoms with van der Waals surface area (Å²) in [4.78, 5) is 12.7. The summed E-state index contributed by atoms with van der Waals surface area (Å²) in [7, 11) is 3.55. The Hall–Kier alpha value is -1.55. The lowest BCUT2D eigenvalue weighted by Crippen LogP contribution is -2.30. The van der Waals surface area contributed by atoms with Gasteiger partial charge in [-0.15, -0.1) is 0 Å². The van der Waals surface area contributed by atoms with Crippen LogP contribution in [0, 0.1) is 13.8 Å². The summed E-state index contributed by atoms with van der Waals surface area (Å²) in [5, 5.41) is 0. The fourth-order valence-electron chi connectivity index (χ4n) is 2.09. The van der Waals surface area contributed by atoms with Crippen LogP contribution in [0.15, 0.2) is 12.1 Å². The lowest BCUT2D eigenvalue weighted by atomic mass is 10.1. The summed E-state index contributed by atoms with van der Waals surface area (Å²) in [5.41, 5.74) is 8.52. The van der Waals surface area contributed by atoms with Gasteiger partial charge in [0.05, 0.1) is 13.7 Å². The predicted molar refractivity (Wildman–Crippen MR) is 68.0 cm³/mol. The van der Waals surface area contributed by atoms with Crippen LogP contribution in [0.1, 0.15) is 16.7 Å². The first-order chi connectivity index (χ1) is 7.93. The molecule has 4 nitrogen and oxygen atoms in total. The molecule has 0 aliphatic carbocycles. The number of hydrogen-bond acceptors (Lipinski definition) is 3. The molecule has 0 heterocycles. The summed E-state index contributed by atoms with van der Waals surface area (Å²) < 4.78 is 5.31. The van der Waals surface area contributed by atoms with Crippen molar-refractivity contribution in [2.45, 2.75) is 20.4 Å². The molecule has 0 radical (unpaired) electrons. The SMILES string of the molecule is COc1c(C)cc(CN(C)CC(N)=O)cc1C. The molecular weight excluding hydrogens is 216 g/mol. The van der Waals surface area contributed by atoms with Crippen molar-refractivity contribution in [3.8, 4) is 5.75 Å². The van der Waals surface area contributed by atoms with Crippen LogP contribution in [0.5, 0.6) is 5.75 Å². The van der Waals surface area contributed by atoms with E-state index in [0.29, 0.717) is 6.54 Å². The zero-order valence-electron chi connectivity index (χ0n) is 10.9. The zero-order valence-corrected chi connectivity index (χ0v) is 10.9. The molecule has 1 aromatic carbocycles. The first-order valence-corrected chi connectivity index (χ1v) is 5.55. The Morgan fingerprint density at radius 2 is 1.88 bits per heavy atom. The molecule has 0 spiro atoms. The smallest absolute Gasteiger partial charge is 0.231 e. The van der Waals surface area contributed by atoms with E-state index in [0.717, 1.165) is 22.4 Å². The monoisotopic (exact) mass is 236 g/mol. The molecule has 0 saturated heterocycles. The Morgan fingerprint density at radius 3 is 2.29 bits per heavy atom. The molecule has 17 heavy (non-hydrogen) atoms. The average molecular weight is 236 g/mol. The van der Waals surface area contributed by atoms with Crippen LogP contribution in [0.25, 0.3) is 0 Å². The second-order valence-corrected chi connectivity index (χ2v) is 4.40. The molecule has 0 saturated carbocycles. The van der Waals surface area contributed by atoms with Crippen molar-refractivity contribution in [2.24, 2.45) is 5.73 Å². The van der Waals surface area contributed by atoms with Crippen molar-refractivity contribution < 1.29 is 9.53 Å². The van der Waals surface area contributed by atoms with Gasteiger partial charge in [-0.1, -0.05) is 12.1 Å². The van der Waals surface area contributed by atoms with Crippen molar-refractivity contribution in [2.75, 3.05) is 20.7 Å². The van der Waals surface area contributed by atoms with Gasteiger partial charge in [0.2, 0.25) is 5.91 Å². The van der Waals surface area contributed by atoms with Crippen LogP contribution in [0.4, 0.5) is 0 Å². The predicted octanol–water partition coefficient (Wildman–Crippen LogP) is 1.23. The summed E-state index contributed by atoms with van der Waals surface area (Å²) in [6, 6.07) is 4.15. The van der Waals surface area contributed by atoms with Gasteiger partial charge >= 0.3 is 0 Å². The number of primary amides is 1. The van der Waals surface area contributed by atoms with E-state index < -0.39 is 0 Å². The number of likely N-dealkylation sites (N-methyl/N-ethyl adjacent to an activating group) is 1. The van der Waals surface area contributed by atoms with Gasteiger partial charge in [0.1, 0.15) is 5.75 Å². The average Bonchev–Trinajstić information content (AvgIpc) is 2.15. The van der Waals surface area contributed by atoms with Gasteiger partial charge in [0.15, 0.2) is 0 Å². The normalized spacial score (nSPS) is 10.6. The third-order valence-corrected chi connectivity index (χ3v) is 2.60. The molecule has 1 aromatic rings. The second-order valence-electron chi connectivity index (χ2n) is 4.40. The maximum Gasteiger partial charge on any atom is 0.231 e. The summed E-state index contributed by atoms with van der Waals surface area (Å²) in [6.07, 6.45) is 0. The highest BCUT2D eigenvalue weighted by molar-refractivity contribution is 5.75. The third kappa shape index (κ3) is 3.75. The van der Waals surface area contributed by atoms with Gasteiger partial charge in [-0.05, 0) is 37.6 Å². The molecule has 1 amide bonds. The van der Waals surface area contributed by atoms with Crippen molar-refractivity contribution in [3.63, 3.8) is 0 Å². The van der Waals surface area contributed by atoms with E-state index >= 15 is 0 Å². The summed E-state index contributed by atoms with van der Waals surface area (Å²) in [6.45, 7) is 5.01. The van der Waals surface area contributed by atoms with Crippen LogP contribution in [0.3, 0.4) is 0 Å². The van der Waals surface area contributed by atoms with Gasteiger partial charge in [-0.2, -0.15) is 0 Å². The Kier molecular flexibility index (Phi) is 4.52. The van der Waals surface area contributed by atoms with Crippen LogP contribution < -0.4 is 10.5 Å². The van der Waals surface area contributed by atoms with Crippen LogP contribution in [0.2, 0.25) is 0 Å². The summed E-state index contributed by atoms with van der Waals surface area (Å²) >= 11 is 0. The molecule has 94 valence electrons. The van der Waals surface area contributed by atoms with E-state index in [4.69, 9.17) is 10.5 Å². The van der Waals surface area contributed by atoms with E-state index in [1.165, 1.54) is 0 Å². The fraction of sp³-hybridized carbons (Fsp3) is 0.462. The molecule has 4 heteroatoms. The maximum absolute atomic E-state index is 10.8. The highest BCUT2D eigenvalue weighted by Gasteiger charge is 2.08. The number of ether oxygens (including phenoxy) is 1. The van der Waals surface area contributed by atoms with Crippen LogP contribution >= 0.6 is 0 Å². The van der Waals surface area contributed by atoms with E-state index in [1.54, 1.807) is 7.11 Å². The minimum atomic E-state index is -0.311. The number of aryl methyl sites for hydroxylation is 2. The topological polar surface area (TPSA) is 55.6 Å². The molecule has 0 aromatic heterocycles. The van der Waals surface area contributed by atoms with E-state index in [-0.39, 0.29) is 12.5 Å². The van der Waals surface area contributed by atoms with Crippen molar-refractivity contribution in [3.05, 3.63) is 28.8 Å². The quantitative estimate of drug-likeness (QED) is 0.836. The number of carbonyl (C=O) groups excluding carboxylic acids is 1. The number of benzene rings is 1. The minimum Gasteiger partial charge on any atom is -0.496 e. The standard InChI is InChI=1S/C13H20N2O2/c1-9-5-11(6-10(2)13(9)17-4)7-15(3)8-12(14)16/h5-6H,7-8H2,1-4H3,(H2,14,16). The first kappa shape index (κ1) is 13.5. The van der Waals surface area contributed by atoms with E-state index in [1.807, 2.05) is 25.8 Å². The first-order valence-electron chi connectivity index (χ1n) is 5.55. The number of rotatable bonds is 5. The molecule has 0 aliphatic rings. The van der Waals surface area contributed by atoms with Gasteiger partial charge in [-0.25, -0.2) is 0 Å². The fourth-order valence-corrected chi connectivity index (χ4v) is 2.09. The highest BCUT2D eigenvalue weighted by Crippen LogP contribution is 2.24. The number of nitrogens with zero attached hydrogens (tertiary/aromatic N) is 1. The molecule has 0 aliphatic heterocycles. The molecule has 0 atom stereocenters. The zero-order chi connectivity index (χ0) is 13.0. The lowest BCUT2D eigenvalue weighted by Gasteiger charge is -2.17. The highest BCUT2D eigenvalue weighted by atomic mass is 16.5. The molecule has 0 unspecified atom stereocenters. The number of methoxy groups -OCH3 is 1. The van der Waals surface area contributed by atoms with Crippen molar-refractivity contribution >= 4 is 5.91 Å². The van der Waals surface area contributed by atoms with Gasteiger partial charge in [-0.3, -0.25) is 9.69 Å². The number of carbonyl (C=O) groups is 1. The van der Waals surface area contributed by atoms with E-state index in [9.17, 15) is 4.79 Å². The molecule has 1 rings (SSSR count). The van der Waals surface area contributed by atoms with Crippen molar-refractivity contribution in [1.82, 2.24) is 4.90 Å². The Labute approximate surface area is 102 Å². The Bertz CT molecular complexity index is 393. The lowest BCUT2D eigenvalue weighted by molar-refractivity contribution is -0.118. The molecule has 0 bridgehead atoms. The number of hydrogen-bond donors (Lipinski definition) is 1. The number of amides is 1. The Balaban J connectivity index is 2.83. The van der Waals surface area contributed by atoms with Crippen LogP contribution in [-0.4, -0.2) is 31.5 Å². The molecule has 0 fully saturated rings. The third-order valence-electron chi connectivity index (χ3n) is 2.60. The summed E-state index contributed by atoms with van der Waals surface area (Å²) in [5.74, 6) is 0.612. The van der Waals surface area contributed by atoms with Gasteiger partial charge in [0.25, 0.3) is 0 Å². The van der Waals surface area contributed by atoms with Crippen LogP contribution in [-0.2, 0) is 11.3 Å². The Morgan fingerprint density at radius 1 is 1.35 bits per heavy atom. The van der Waals surface area contributed by atoms with Gasteiger partial charge < -0.3 is 10.5 Å². The molecule has 2 N–H and O–H groups in total. The van der Waals surface area contributed by atoms with E-state index in [2.05, 4.69) is 12.1 Å². The van der Waals surface area contributed by atoms with Gasteiger partial charge in [0, 0.05) is 6.54 Å². The number of nitrogens with two attached hydrogens (primary N) is 1. The molecular formula is C13H20N2O2. The maximum atomic E-state index is 10.8. The minimum absolute atomic E-state index is 0.268.